The number of halogens is 1. The molecule has 34 heavy (non-hydrogen) atoms. The number of alkyl carbamates (subject to hydrolysis) is 1. The van der Waals surface area contributed by atoms with E-state index in [4.69, 9.17) is 32.9 Å². The topological polar surface area (TPSA) is 198 Å². The van der Waals surface area contributed by atoms with Crippen LogP contribution in [0.5, 0.6) is 0 Å². The van der Waals surface area contributed by atoms with Crippen molar-refractivity contribution in [3.05, 3.63) is 46.7 Å². The number of aliphatic imine (C=N–C) groups is 1. The van der Waals surface area contributed by atoms with Crippen molar-refractivity contribution < 1.29 is 24.2 Å². The first kappa shape index (κ1) is 24.5. The van der Waals surface area contributed by atoms with Crippen molar-refractivity contribution in [1.82, 2.24) is 25.5 Å². The molecule has 14 heteroatoms. The standard InChI is InChI=1S/C20H23ClN8O5/c21-14-16(23)26-15(22)13(25-14)17(30)27-18(24-12-6-8-29(9-7-12)20(32)33)28-19(31)34-10-11-4-2-1-3-5-11/h1-5,12H,6-10H2,(H,32,33)(H4,22,23,26)(H2,24,27,28,30,31). The van der Waals surface area contributed by atoms with E-state index in [1.54, 1.807) is 24.3 Å². The Labute approximate surface area is 199 Å². The highest BCUT2D eigenvalue weighted by atomic mass is 35.5. The fourth-order valence-corrected chi connectivity index (χ4v) is 3.22. The molecule has 3 amide bonds. The zero-order chi connectivity index (χ0) is 24.7. The molecule has 2 aromatic rings. The Morgan fingerprint density at radius 1 is 1.12 bits per heavy atom. The van der Waals surface area contributed by atoms with Gasteiger partial charge in [0.05, 0.1) is 6.04 Å². The fraction of sp³-hybridized carbons (Fsp3) is 0.300. The smallest absolute Gasteiger partial charge is 0.414 e. The van der Waals surface area contributed by atoms with Gasteiger partial charge in [0.15, 0.2) is 22.5 Å². The van der Waals surface area contributed by atoms with Gasteiger partial charge in [-0.05, 0) is 18.4 Å². The van der Waals surface area contributed by atoms with Gasteiger partial charge in [0.25, 0.3) is 5.91 Å². The quantitative estimate of drug-likeness (QED) is 0.311. The van der Waals surface area contributed by atoms with Gasteiger partial charge in [-0.25, -0.2) is 24.5 Å². The number of anilines is 2. The maximum Gasteiger partial charge on any atom is 0.414 e. The van der Waals surface area contributed by atoms with Gasteiger partial charge in [-0.15, -0.1) is 0 Å². The minimum atomic E-state index is -1.02. The number of rotatable bonds is 4. The van der Waals surface area contributed by atoms with E-state index in [0.29, 0.717) is 12.8 Å². The number of aromatic nitrogens is 2. The summed E-state index contributed by atoms with van der Waals surface area (Å²) < 4.78 is 5.18. The third-order valence-corrected chi connectivity index (χ3v) is 5.11. The second-order valence-electron chi connectivity index (χ2n) is 7.25. The van der Waals surface area contributed by atoms with E-state index < -0.39 is 18.1 Å². The normalized spacial score (nSPS) is 14.4. The van der Waals surface area contributed by atoms with Gasteiger partial charge in [0.2, 0.25) is 5.96 Å². The summed E-state index contributed by atoms with van der Waals surface area (Å²) >= 11 is 5.84. The third-order valence-electron chi connectivity index (χ3n) is 4.83. The predicted octanol–water partition coefficient (Wildman–Crippen LogP) is 1.45. The van der Waals surface area contributed by atoms with Crippen LogP contribution in [0.3, 0.4) is 0 Å². The molecule has 1 aromatic heterocycles. The first-order chi connectivity index (χ1) is 16.2. The van der Waals surface area contributed by atoms with Crippen LogP contribution >= 0.6 is 11.6 Å². The lowest BCUT2D eigenvalue weighted by atomic mass is 10.1. The number of carbonyl (C=O) groups excluding carboxylic acids is 2. The molecule has 0 radical (unpaired) electrons. The molecule has 1 saturated heterocycles. The van der Waals surface area contributed by atoms with Crippen LogP contribution in [0.2, 0.25) is 5.15 Å². The van der Waals surface area contributed by atoms with Crippen LogP contribution in [-0.2, 0) is 11.3 Å². The number of carboxylic acid groups (broad SMARTS) is 1. The lowest BCUT2D eigenvalue weighted by molar-refractivity contribution is 0.0971. The van der Waals surface area contributed by atoms with Crippen LogP contribution in [0, 0.1) is 0 Å². The molecule has 1 fully saturated rings. The number of nitrogens with two attached hydrogens (primary N) is 2. The van der Waals surface area contributed by atoms with Crippen molar-refractivity contribution in [3.8, 4) is 0 Å². The van der Waals surface area contributed by atoms with Crippen LogP contribution in [-0.4, -0.2) is 63.2 Å². The molecule has 0 atom stereocenters. The number of amides is 3. The van der Waals surface area contributed by atoms with Crippen molar-refractivity contribution in [2.45, 2.75) is 25.5 Å². The Bertz CT molecular complexity index is 1090. The van der Waals surface area contributed by atoms with Gasteiger partial charge in [-0.2, -0.15) is 0 Å². The first-order valence-electron chi connectivity index (χ1n) is 10.2. The maximum absolute atomic E-state index is 12.7. The predicted molar refractivity (Wildman–Crippen MR) is 123 cm³/mol. The number of hydrogen-bond donors (Lipinski definition) is 5. The van der Waals surface area contributed by atoms with Gasteiger partial charge in [-0.1, -0.05) is 41.9 Å². The Morgan fingerprint density at radius 2 is 1.79 bits per heavy atom. The molecule has 1 aromatic carbocycles. The summed E-state index contributed by atoms with van der Waals surface area (Å²) in [6, 6.07) is 8.64. The molecule has 2 heterocycles. The van der Waals surface area contributed by atoms with Crippen LogP contribution in [0.4, 0.5) is 21.2 Å². The Hall–Kier alpha value is -4.13. The van der Waals surface area contributed by atoms with Crippen molar-refractivity contribution >= 4 is 47.3 Å². The summed E-state index contributed by atoms with van der Waals surface area (Å²) in [5, 5.41) is 13.7. The van der Waals surface area contributed by atoms with Gasteiger partial charge < -0.3 is 26.2 Å². The van der Waals surface area contributed by atoms with Crippen LogP contribution in [0.15, 0.2) is 35.3 Å². The minimum absolute atomic E-state index is 0.00308. The van der Waals surface area contributed by atoms with Crippen molar-refractivity contribution in [2.24, 2.45) is 4.99 Å². The number of ether oxygens (including phenoxy) is 1. The average molecular weight is 491 g/mol. The van der Waals surface area contributed by atoms with Gasteiger partial charge in [0.1, 0.15) is 6.61 Å². The molecule has 13 nitrogen and oxygen atoms in total. The number of piperidine rings is 1. The van der Waals surface area contributed by atoms with Crippen molar-refractivity contribution in [3.63, 3.8) is 0 Å². The number of likely N-dealkylation sites (tertiary alicyclic amines) is 1. The van der Waals surface area contributed by atoms with E-state index in [9.17, 15) is 14.4 Å². The van der Waals surface area contributed by atoms with Crippen LogP contribution in [0.1, 0.15) is 28.9 Å². The second kappa shape index (κ2) is 11.1. The first-order valence-corrected chi connectivity index (χ1v) is 10.5. The molecule has 1 aliphatic rings. The molecule has 0 unspecified atom stereocenters. The molecule has 1 aliphatic heterocycles. The zero-order valence-electron chi connectivity index (χ0n) is 17.9. The number of nitrogens with one attached hydrogen (secondary N) is 2. The highest BCUT2D eigenvalue weighted by Crippen LogP contribution is 2.17. The Kier molecular flexibility index (Phi) is 8.03. The minimum Gasteiger partial charge on any atom is -0.465 e. The maximum atomic E-state index is 12.7. The fourth-order valence-electron chi connectivity index (χ4n) is 3.10. The van der Waals surface area contributed by atoms with E-state index in [-0.39, 0.29) is 54.2 Å². The highest BCUT2D eigenvalue weighted by molar-refractivity contribution is 6.31. The summed E-state index contributed by atoms with van der Waals surface area (Å²) in [5.74, 6) is -1.46. The summed E-state index contributed by atoms with van der Waals surface area (Å²) in [5.41, 5.74) is 11.7. The third kappa shape index (κ3) is 6.68. The summed E-state index contributed by atoms with van der Waals surface area (Å²) in [6.07, 6.45) is -1.10. The monoisotopic (exact) mass is 490 g/mol. The molecule has 0 saturated carbocycles. The van der Waals surface area contributed by atoms with Gasteiger partial charge >= 0.3 is 12.2 Å². The number of benzene rings is 1. The highest BCUT2D eigenvalue weighted by Gasteiger charge is 2.24. The lowest BCUT2D eigenvalue weighted by Crippen LogP contribution is -2.46. The number of nitrogen functional groups attached to an aromatic ring is 2. The number of nitrogens with zero attached hydrogens (tertiary/aromatic N) is 4. The Balaban J connectivity index is 1.73. The summed E-state index contributed by atoms with van der Waals surface area (Å²) in [7, 11) is 0. The summed E-state index contributed by atoms with van der Waals surface area (Å²) in [6.45, 7) is 0.515. The van der Waals surface area contributed by atoms with Gasteiger partial charge in [0, 0.05) is 13.1 Å². The van der Waals surface area contributed by atoms with E-state index in [1.165, 1.54) is 4.90 Å². The molecular formula is C20H23ClN8O5. The molecule has 0 spiro atoms. The van der Waals surface area contributed by atoms with Crippen molar-refractivity contribution in [1.29, 1.82) is 0 Å². The van der Waals surface area contributed by atoms with Crippen LogP contribution in [0.25, 0.3) is 0 Å². The molecule has 0 aliphatic carbocycles. The average Bonchev–Trinajstić information content (AvgIpc) is 2.81. The van der Waals surface area contributed by atoms with E-state index in [1.807, 2.05) is 6.07 Å². The molecule has 3 rings (SSSR count). The number of guanidine groups is 1. The largest absolute Gasteiger partial charge is 0.465 e. The molecule has 0 bridgehead atoms. The van der Waals surface area contributed by atoms with E-state index in [0.717, 1.165) is 5.56 Å². The second-order valence-corrected chi connectivity index (χ2v) is 7.61. The molecule has 180 valence electrons. The van der Waals surface area contributed by atoms with E-state index >= 15 is 0 Å². The summed E-state index contributed by atoms with van der Waals surface area (Å²) in [4.78, 5) is 49.4. The number of hydrogen-bond acceptors (Lipinski definition) is 9. The molecular weight excluding hydrogens is 468 g/mol. The van der Waals surface area contributed by atoms with E-state index in [2.05, 4.69) is 25.6 Å². The molecule has 7 N–H and O–H groups in total. The Morgan fingerprint density at radius 3 is 2.44 bits per heavy atom. The lowest BCUT2D eigenvalue weighted by Gasteiger charge is -2.28. The van der Waals surface area contributed by atoms with Gasteiger partial charge in [-0.3, -0.25) is 15.4 Å². The number of carbonyl (C=O) groups is 3. The van der Waals surface area contributed by atoms with Crippen LogP contribution < -0.4 is 22.1 Å². The SMILES string of the molecule is Nc1nc(N)c(C(=O)NC(=NC2CCN(C(=O)O)CC2)NC(=O)OCc2ccccc2)nc1Cl. The zero-order valence-corrected chi connectivity index (χ0v) is 18.7. The van der Waals surface area contributed by atoms with Crippen molar-refractivity contribution in [2.75, 3.05) is 24.6 Å².